The highest BCUT2D eigenvalue weighted by atomic mass is 32.2. The van der Waals surface area contributed by atoms with Crippen molar-refractivity contribution in [2.24, 2.45) is 0 Å². The minimum absolute atomic E-state index is 0.150. The Labute approximate surface area is 217 Å². The van der Waals surface area contributed by atoms with Gasteiger partial charge in [-0.2, -0.15) is 4.31 Å². The van der Waals surface area contributed by atoms with E-state index in [0.717, 1.165) is 58.2 Å². The van der Waals surface area contributed by atoms with Crippen LogP contribution in [-0.4, -0.2) is 56.3 Å². The summed E-state index contributed by atoms with van der Waals surface area (Å²) in [6, 6.07) is 14.4. The van der Waals surface area contributed by atoms with Crippen LogP contribution >= 0.6 is 0 Å². The van der Waals surface area contributed by atoms with Crippen LogP contribution in [0.3, 0.4) is 0 Å². The molecule has 1 fully saturated rings. The molecule has 1 atom stereocenters. The molecule has 3 heterocycles. The van der Waals surface area contributed by atoms with E-state index in [1.165, 1.54) is 38.5 Å². The average molecular weight is 524 g/mol. The average Bonchev–Trinajstić information content (AvgIpc) is 3.20. The number of hydrogen-bond acceptors (Lipinski definition) is 4. The molecular formula is C28H35N4O4S+. The molecule has 1 unspecified atom stereocenters. The Bertz CT molecular complexity index is 1440. The number of benzene rings is 2. The predicted molar refractivity (Wildman–Crippen MR) is 143 cm³/mol. The highest BCUT2D eigenvalue weighted by Crippen LogP contribution is 2.25. The summed E-state index contributed by atoms with van der Waals surface area (Å²) in [5, 5.41) is 3.38. The molecular weight excluding hydrogens is 488 g/mol. The van der Waals surface area contributed by atoms with Crippen molar-refractivity contribution >= 4 is 26.8 Å². The fourth-order valence-electron chi connectivity index (χ4n) is 5.50. The van der Waals surface area contributed by atoms with E-state index in [-0.39, 0.29) is 16.4 Å². The van der Waals surface area contributed by atoms with Crippen molar-refractivity contribution in [3.63, 3.8) is 0 Å². The van der Waals surface area contributed by atoms with Gasteiger partial charge in [-0.25, -0.2) is 8.42 Å². The van der Waals surface area contributed by atoms with Gasteiger partial charge in [-0.15, -0.1) is 0 Å². The Morgan fingerprint density at radius 2 is 1.76 bits per heavy atom. The number of aromatic nitrogens is 1. The van der Waals surface area contributed by atoms with Gasteiger partial charge < -0.3 is 15.2 Å². The largest absolute Gasteiger partial charge is 0.352 e. The number of fused-ring (bicyclic) bond motifs is 2. The topological polar surface area (TPSA) is 104 Å². The summed E-state index contributed by atoms with van der Waals surface area (Å²) in [6.45, 7) is 4.52. The number of nitrogens with one attached hydrogen (secondary N) is 3. The summed E-state index contributed by atoms with van der Waals surface area (Å²) in [7, 11) is -3.68. The Kier molecular flexibility index (Phi) is 7.73. The minimum atomic E-state index is -3.68. The van der Waals surface area contributed by atoms with Crippen LogP contribution in [0.1, 0.15) is 53.6 Å². The van der Waals surface area contributed by atoms with Crippen molar-refractivity contribution in [2.75, 3.05) is 32.7 Å². The normalized spacial score (nSPS) is 18.8. The Balaban J connectivity index is 1.27. The van der Waals surface area contributed by atoms with Crippen LogP contribution < -0.4 is 15.8 Å². The lowest BCUT2D eigenvalue weighted by Crippen LogP contribution is -3.11. The molecule has 0 bridgehead atoms. The molecule has 0 radical (unpaired) electrons. The monoisotopic (exact) mass is 523 g/mol. The molecule has 3 aromatic rings. The highest BCUT2D eigenvalue weighted by Gasteiger charge is 2.26. The third-order valence-corrected chi connectivity index (χ3v) is 9.46. The first kappa shape index (κ1) is 25.6. The second-order valence-electron chi connectivity index (χ2n) is 10.1. The molecule has 1 aromatic heterocycles. The molecule has 0 saturated carbocycles. The highest BCUT2D eigenvalue weighted by molar-refractivity contribution is 7.89. The lowest BCUT2D eigenvalue weighted by Gasteiger charge is -2.25. The first-order chi connectivity index (χ1) is 17.9. The van der Waals surface area contributed by atoms with E-state index in [1.54, 1.807) is 6.07 Å². The molecule has 37 heavy (non-hydrogen) atoms. The lowest BCUT2D eigenvalue weighted by molar-refractivity contribution is -0.916. The second-order valence-corrected chi connectivity index (χ2v) is 12.1. The summed E-state index contributed by atoms with van der Waals surface area (Å²) in [5.74, 6) is -0.362. The van der Waals surface area contributed by atoms with Gasteiger partial charge in [0.05, 0.1) is 23.5 Å². The molecule has 1 amide bonds. The van der Waals surface area contributed by atoms with Gasteiger partial charge in [-0.1, -0.05) is 37.1 Å². The van der Waals surface area contributed by atoms with Crippen LogP contribution in [0.2, 0.25) is 0 Å². The number of carbonyl (C=O) groups excluding carboxylic acids is 1. The van der Waals surface area contributed by atoms with Gasteiger partial charge in [-0.05, 0) is 36.6 Å². The van der Waals surface area contributed by atoms with Crippen LogP contribution in [0.4, 0.5) is 0 Å². The number of aromatic amines is 1. The molecule has 8 nitrogen and oxygen atoms in total. The van der Waals surface area contributed by atoms with Crippen molar-refractivity contribution in [1.82, 2.24) is 14.6 Å². The van der Waals surface area contributed by atoms with Gasteiger partial charge in [-0.3, -0.25) is 9.59 Å². The molecule has 9 heteroatoms. The quantitative estimate of drug-likeness (QED) is 0.411. The molecule has 2 aliphatic rings. The van der Waals surface area contributed by atoms with E-state index in [4.69, 9.17) is 0 Å². The number of sulfonamides is 1. The number of quaternary nitrogens is 1. The Morgan fingerprint density at radius 1 is 1.00 bits per heavy atom. The summed E-state index contributed by atoms with van der Waals surface area (Å²) < 4.78 is 28.2. The van der Waals surface area contributed by atoms with E-state index in [1.807, 2.05) is 0 Å². The van der Waals surface area contributed by atoms with Crippen LogP contribution in [0.15, 0.2) is 58.2 Å². The number of carbonyl (C=O) groups is 1. The summed E-state index contributed by atoms with van der Waals surface area (Å²) in [6.07, 6.45) is 5.64. The van der Waals surface area contributed by atoms with Crippen LogP contribution in [-0.2, 0) is 23.0 Å². The molecule has 196 valence electrons. The van der Waals surface area contributed by atoms with E-state index < -0.39 is 15.6 Å². The van der Waals surface area contributed by atoms with Crippen molar-refractivity contribution in [3.8, 4) is 0 Å². The first-order valence-corrected chi connectivity index (χ1v) is 14.7. The summed E-state index contributed by atoms with van der Waals surface area (Å²) in [5.41, 5.74) is 3.08. The van der Waals surface area contributed by atoms with Gasteiger partial charge in [0.2, 0.25) is 15.6 Å². The van der Waals surface area contributed by atoms with Crippen molar-refractivity contribution in [1.29, 1.82) is 0 Å². The van der Waals surface area contributed by atoms with Gasteiger partial charge in [0, 0.05) is 55.0 Å². The molecule has 0 spiro atoms. The number of amides is 1. The van der Waals surface area contributed by atoms with Gasteiger partial charge in [0.1, 0.15) is 6.54 Å². The SMILES string of the molecule is O=C(NCCC[NH+]1CCc2ccccc2C1)c1cc(=O)[nH]c2ccc(S(=O)(=O)N3CCCCCC3)cc12. The van der Waals surface area contributed by atoms with Gasteiger partial charge in [0.25, 0.3) is 5.91 Å². The van der Waals surface area contributed by atoms with Crippen molar-refractivity contribution < 1.29 is 18.1 Å². The zero-order chi connectivity index (χ0) is 25.8. The Morgan fingerprint density at radius 3 is 2.54 bits per heavy atom. The number of pyridine rings is 1. The van der Waals surface area contributed by atoms with Gasteiger partial charge in [0.15, 0.2) is 0 Å². The third-order valence-electron chi connectivity index (χ3n) is 7.56. The van der Waals surface area contributed by atoms with E-state index in [0.29, 0.717) is 30.5 Å². The first-order valence-electron chi connectivity index (χ1n) is 13.3. The minimum Gasteiger partial charge on any atom is -0.352 e. The second kappa shape index (κ2) is 11.2. The zero-order valence-electron chi connectivity index (χ0n) is 21.1. The van der Waals surface area contributed by atoms with Crippen LogP contribution in [0, 0.1) is 0 Å². The molecule has 3 N–H and O–H groups in total. The van der Waals surface area contributed by atoms with Crippen molar-refractivity contribution in [2.45, 2.75) is 50.0 Å². The van der Waals surface area contributed by atoms with E-state index >= 15 is 0 Å². The number of H-pyrrole nitrogens is 1. The fraction of sp³-hybridized carbons (Fsp3) is 0.429. The number of hydrogen-bond donors (Lipinski definition) is 3. The van der Waals surface area contributed by atoms with E-state index in [2.05, 4.69) is 34.6 Å². The zero-order valence-corrected chi connectivity index (χ0v) is 21.9. The van der Waals surface area contributed by atoms with Crippen LogP contribution in [0.5, 0.6) is 0 Å². The van der Waals surface area contributed by atoms with Crippen LogP contribution in [0.25, 0.3) is 10.9 Å². The van der Waals surface area contributed by atoms with E-state index in [9.17, 15) is 18.0 Å². The maximum atomic E-state index is 13.3. The number of nitrogens with zero attached hydrogens (tertiary/aromatic N) is 1. The van der Waals surface area contributed by atoms with Crippen molar-refractivity contribution in [3.05, 3.63) is 75.6 Å². The summed E-state index contributed by atoms with van der Waals surface area (Å²) in [4.78, 5) is 29.7. The fourth-order valence-corrected chi connectivity index (χ4v) is 7.05. The Hall–Kier alpha value is -3.01. The maximum absolute atomic E-state index is 13.3. The molecule has 2 aliphatic heterocycles. The molecule has 1 saturated heterocycles. The summed E-state index contributed by atoms with van der Waals surface area (Å²) >= 11 is 0. The smallest absolute Gasteiger partial charge is 0.252 e. The van der Waals surface area contributed by atoms with Gasteiger partial charge >= 0.3 is 0 Å². The standard InChI is InChI=1S/C28H34N4O4S/c33-27-19-25(28(34)29-13-7-14-31-17-12-21-8-3-4-9-22(21)20-31)24-18-23(10-11-26(24)30-27)37(35,36)32-15-5-1-2-6-16-32/h3-4,8-11,18-19H,1-2,5-7,12-17,20H2,(H,29,34)(H,30,33)/p+1. The molecule has 5 rings (SSSR count). The lowest BCUT2D eigenvalue weighted by atomic mass is 10.00. The maximum Gasteiger partial charge on any atom is 0.252 e. The molecule has 2 aromatic carbocycles. The molecule has 0 aliphatic carbocycles. The predicted octanol–water partition coefficient (Wildman–Crippen LogP) is 1.85. The number of rotatable bonds is 7. The third kappa shape index (κ3) is 5.79.